The lowest BCUT2D eigenvalue weighted by molar-refractivity contribution is 0.454. The molecule has 2 heterocycles. The highest BCUT2D eigenvalue weighted by molar-refractivity contribution is 5.46. The van der Waals surface area contributed by atoms with Gasteiger partial charge in [-0.2, -0.15) is 4.98 Å². The van der Waals surface area contributed by atoms with E-state index < -0.39 is 0 Å². The number of nitrogens with one attached hydrogen (secondary N) is 1. The highest BCUT2D eigenvalue weighted by Crippen LogP contribution is 2.26. The Balaban J connectivity index is 1.97. The molecule has 0 atom stereocenters. The second kappa shape index (κ2) is 5.93. The molecule has 1 aromatic carbocycles. The maximum Gasteiger partial charge on any atom is 0.242 e. The second-order valence-corrected chi connectivity index (χ2v) is 4.63. The summed E-state index contributed by atoms with van der Waals surface area (Å²) in [4.78, 5) is 4.49. The van der Waals surface area contributed by atoms with Gasteiger partial charge in [0.2, 0.25) is 5.88 Å². The van der Waals surface area contributed by atoms with Gasteiger partial charge in [0.1, 0.15) is 22.9 Å². The third-order valence-corrected chi connectivity index (χ3v) is 3.16. The molecular weight excluding hydrogens is 269 g/mol. The molecule has 0 saturated carbocycles. The predicted octanol–water partition coefficient (Wildman–Crippen LogP) is 3.38. The third kappa shape index (κ3) is 2.87. The summed E-state index contributed by atoms with van der Waals surface area (Å²) in [7, 11) is 0. The van der Waals surface area contributed by atoms with Crippen molar-refractivity contribution in [2.45, 2.75) is 13.5 Å². The van der Waals surface area contributed by atoms with E-state index in [9.17, 15) is 4.39 Å². The van der Waals surface area contributed by atoms with E-state index in [1.165, 1.54) is 12.1 Å². The quantitative estimate of drug-likeness (QED) is 0.781. The number of aromatic nitrogens is 2. The first-order valence-electron chi connectivity index (χ1n) is 6.88. The lowest BCUT2D eigenvalue weighted by atomic mass is 10.3. The lowest BCUT2D eigenvalue weighted by Crippen LogP contribution is -2.14. The Morgan fingerprint density at radius 3 is 2.76 bits per heavy atom. The number of imidazole rings is 1. The molecule has 4 nitrogen and oxygen atoms in total. The zero-order valence-corrected chi connectivity index (χ0v) is 11.7. The number of nitrogens with zero attached hydrogens (tertiary/aromatic N) is 2. The second-order valence-electron chi connectivity index (χ2n) is 4.63. The van der Waals surface area contributed by atoms with E-state index in [2.05, 4.69) is 10.3 Å². The van der Waals surface area contributed by atoms with Crippen molar-refractivity contribution in [3.05, 3.63) is 60.2 Å². The fourth-order valence-electron chi connectivity index (χ4n) is 2.13. The van der Waals surface area contributed by atoms with Crippen LogP contribution in [0.3, 0.4) is 0 Å². The van der Waals surface area contributed by atoms with Gasteiger partial charge < -0.3 is 10.1 Å². The molecule has 0 aliphatic carbocycles. The van der Waals surface area contributed by atoms with Crippen molar-refractivity contribution < 1.29 is 9.13 Å². The summed E-state index contributed by atoms with van der Waals surface area (Å²) in [6, 6.07) is 11.7. The Hall–Kier alpha value is -2.40. The molecule has 3 rings (SSSR count). The van der Waals surface area contributed by atoms with Gasteiger partial charge in [-0.25, -0.2) is 4.39 Å². The van der Waals surface area contributed by atoms with Crippen LogP contribution in [0.25, 0.3) is 5.65 Å². The van der Waals surface area contributed by atoms with Crippen molar-refractivity contribution in [2.24, 2.45) is 0 Å². The molecule has 3 aromatic rings. The predicted molar refractivity (Wildman–Crippen MR) is 79.0 cm³/mol. The van der Waals surface area contributed by atoms with Crippen LogP contribution in [0.2, 0.25) is 0 Å². The van der Waals surface area contributed by atoms with Gasteiger partial charge in [-0.05, 0) is 42.9 Å². The topological polar surface area (TPSA) is 38.6 Å². The van der Waals surface area contributed by atoms with Gasteiger partial charge in [-0.1, -0.05) is 13.0 Å². The van der Waals surface area contributed by atoms with E-state index >= 15 is 0 Å². The van der Waals surface area contributed by atoms with Crippen LogP contribution in [0.4, 0.5) is 4.39 Å². The first-order valence-corrected chi connectivity index (χ1v) is 6.88. The fourth-order valence-corrected chi connectivity index (χ4v) is 2.13. The number of halogens is 1. The molecule has 0 saturated heterocycles. The van der Waals surface area contributed by atoms with Crippen LogP contribution in [0, 0.1) is 5.82 Å². The monoisotopic (exact) mass is 285 g/mol. The van der Waals surface area contributed by atoms with Crippen LogP contribution in [-0.2, 0) is 6.54 Å². The number of pyridine rings is 1. The standard InChI is InChI=1S/C16H16FN3O/c1-2-18-11-14-16(19-15-5-3-4-10-20(14)15)21-13-8-6-12(17)7-9-13/h3-10,18H,2,11H2,1H3. The van der Waals surface area contributed by atoms with Crippen molar-refractivity contribution in [3.8, 4) is 11.6 Å². The summed E-state index contributed by atoms with van der Waals surface area (Å²) in [5, 5.41) is 3.28. The Labute approximate surface area is 122 Å². The molecule has 5 heteroatoms. The molecule has 0 spiro atoms. The zero-order chi connectivity index (χ0) is 14.7. The van der Waals surface area contributed by atoms with Crippen LogP contribution in [0.5, 0.6) is 11.6 Å². The number of hydrogen-bond acceptors (Lipinski definition) is 3. The average Bonchev–Trinajstić information content (AvgIpc) is 2.85. The van der Waals surface area contributed by atoms with Crippen molar-refractivity contribution >= 4 is 5.65 Å². The Morgan fingerprint density at radius 2 is 2.00 bits per heavy atom. The molecule has 0 radical (unpaired) electrons. The number of ether oxygens (including phenoxy) is 1. The summed E-state index contributed by atoms with van der Waals surface area (Å²) in [5.74, 6) is 0.816. The summed E-state index contributed by atoms with van der Waals surface area (Å²) < 4.78 is 20.7. The number of rotatable bonds is 5. The number of fused-ring (bicyclic) bond motifs is 1. The van der Waals surface area contributed by atoms with Crippen LogP contribution in [0.1, 0.15) is 12.6 Å². The molecule has 21 heavy (non-hydrogen) atoms. The van der Waals surface area contributed by atoms with Gasteiger partial charge in [0.05, 0.1) is 0 Å². The summed E-state index contributed by atoms with van der Waals surface area (Å²) in [5.41, 5.74) is 1.76. The van der Waals surface area contributed by atoms with E-state index in [0.717, 1.165) is 17.9 Å². The fraction of sp³-hybridized carbons (Fsp3) is 0.188. The summed E-state index contributed by atoms with van der Waals surface area (Å²) >= 11 is 0. The number of hydrogen-bond donors (Lipinski definition) is 1. The van der Waals surface area contributed by atoms with Gasteiger partial charge in [0.15, 0.2) is 0 Å². The molecule has 0 bridgehead atoms. The third-order valence-electron chi connectivity index (χ3n) is 3.16. The largest absolute Gasteiger partial charge is 0.437 e. The summed E-state index contributed by atoms with van der Waals surface area (Å²) in [6.45, 7) is 3.55. The molecule has 0 aliphatic rings. The van der Waals surface area contributed by atoms with Gasteiger partial charge in [-0.3, -0.25) is 4.40 Å². The molecular formula is C16H16FN3O. The van der Waals surface area contributed by atoms with Crippen molar-refractivity contribution in [3.63, 3.8) is 0 Å². The smallest absolute Gasteiger partial charge is 0.242 e. The van der Waals surface area contributed by atoms with Crippen LogP contribution < -0.4 is 10.1 Å². The average molecular weight is 285 g/mol. The Kier molecular flexibility index (Phi) is 3.83. The molecule has 1 N–H and O–H groups in total. The van der Waals surface area contributed by atoms with E-state index in [1.54, 1.807) is 12.1 Å². The van der Waals surface area contributed by atoms with Gasteiger partial charge in [0, 0.05) is 12.7 Å². The molecule has 0 amide bonds. The Morgan fingerprint density at radius 1 is 1.19 bits per heavy atom. The first-order chi connectivity index (χ1) is 10.3. The normalized spacial score (nSPS) is 11.0. The molecule has 0 unspecified atom stereocenters. The van der Waals surface area contributed by atoms with Crippen LogP contribution in [0.15, 0.2) is 48.7 Å². The van der Waals surface area contributed by atoms with Crippen molar-refractivity contribution in [1.29, 1.82) is 0 Å². The van der Waals surface area contributed by atoms with E-state index in [0.29, 0.717) is 18.2 Å². The molecule has 0 aliphatic heterocycles. The van der Waals surface area contributed by atoms with E-state index in [-0.39, 0.29) is 5.82 Å². The first kappa shape index (κ1) is 13.6. The summed E-state index contributed by atoms with van der Waals surface area (Å²) in [6.07, 6.45) is 1.95. The Bertz CT molecular complexity index is 737. The zero-order valence-electron chi connectivity index (χ0n) is 11.7. The number of benzene rings is 1. The van der Waals surface area contributed by atoms with E-state index in [4.69, 9.17) is 4.74 Å². The van der Waals surface area contributed by atoms with Gasteiger partial charge >= 0.3 is 0 Å². The van der Waals surface area contributed by atoms with E-state index in [1.807, 2.05) is 35.7 Å². The molecule has 0 fully saturated rings. The minimum atomic E-state index is -0.287. The van der Waals surface area contributed by atoms with Crippen LogP contribution in [-0.4, -0.2) is 15.9 Å². The van der Waals surface area contributed by atoms with Gasteiger partial charge in [-0.15, -0.1) is 0 Å². The SMILES string of the molecule is CCNCc1c(Oc2ccc(F)cc2)nc2ccccn12. The molecule has 2 aromatic heterocycles. The maximum absolute atomic E-state index is 13.0. The highest BCUT2D eigenvalue weighted by atomic mass is 19.1. The molecule has 108 valence electrons. The van der Waals surface area contributed by atoms with Crippen molar-refractivity contribution in [1.82, 2.24) is 14.7 Å². The van der Waals surface area contributed by atoms with Gasteiger partial charge in [0.25, 0.3) is 0 Å². The maximum atomic E-state index is 13.0. The highest BCUT2D eigenvalue weighted by Gasteiger charge is 2.13. The van der Waals surface area contributed by atoms with Crippen molar-refractivity contribution in [2.75, 3.05) is 6.54 Å². The minimum absolute atomic E-state index is 0.287. The lowest BCUT2D eigenvalue weighted by Gasteiger charge is -2.07. The van der Waals surface area contributed by atoms with Crippen LogP contribution >= 0.6 is 0 Å². The minimum Gasteiger partial charge on any atom is -0.437 e.